The zero-order valence-electron chi connectivity index (χ0n) is 17.4. The first-order chi connectivity index (χ1) is 14.5. The van der Waals surface area contributed by atoms with E-state index in [1.54, 1.807) is 6.07 Å². The third-order valence-electron chi connectivity index (χ3n) is 4.82. The molecule has 0 aliphatic rings. The molecule has 30 heavy (non-hydrogen) atoms. The predicted octanol–water partition coefficient (Wildman–Crippen LogP) is 5.19. The average molecular weight is 399 g/mol. The van der Waals surface area contributed by atoms with Crippen molar-refractivity contribution in [2.24, 2.45) is 0 Å². The largest absolute Gasteiger partial charge is 0.489 e. The molecule has 0 saturated carbocycles. The van der Waals surface area contributed by atoms with Crippen LogP contribution in [0.15, 0.2) is 66.7 Å². The maximum absolute atomic E-state index is 12.6. The lowest BCUT2D eigenvalue weighted by atomic mass is 10.1. The van der Waals surface area contributed by atoms with Crippen molar-refractivity contribution in [1.82, 2.24) is 0 Å². The van der Waals surface area contributed by atoms with Crippen molar-refractivity contribution in [2.75, 3.05) is 10.6 Å². The molecule has 3 aromatic carbocycles. The highest BCUT2D eigenvalue weighted by Gasteiger charge is 2.15. The number of hydrogen-bond acceptors (Lipinski definition) is 4. The van der Waals surface area contributed by atoms with Crippen molar-refractivity contribution >= 4 is 17.3 Å². The second kappa shape index (κ2) is 9.62. The van der Waals surface area contributed by atoms with E-state index in [9.17, 15) is 4.79 Å². The van der Waals surface area contributed by atoms with Gasteiger partial charge in [-0.1, -0.05) is 30.3 Å². The molecule has 0 aliphatic carbocycles. The molecular formula is C25H25N3O2. The molecule has 1 unspecified atom stereocenters. The first-order valence-electron chi connectivity index (χ1n) is 9.82. The lowest BCUT2D eigenvalue weighted by molar-refractivity contribution is -0.116. The number of benzene rings is 3. The number of para-hydroxylation sites is 1. The van der Waals surface area contributed by atoms with Gasteiger partial charge in [-0.05, 0) is 73.9 Å². The first-order valence-corrected chi connectivity index (χ1v) is 9.82. The minimum Gasteiger partial charge on any atom is -0.489 e. The predicted molar refractivity (Wildman–Crippen MR) is 120 cm³/mol. The van der Waals surface area contributed by atoms with Crippen LogP contribution in [0.4, 0.5) is 11.4 Å². The van der Waals surface area contributed by atoms with Crippen LogP contribution in [0.1, 0.15) is 29.2 Å². The fourth-order valence-corrected chi connectivity index (χ4v) is 3.10. The number of nitrogens with zero attached hydrogens (tertiary/aromatic N) is 1. The molecule has 2 N–H and O–H groups in total. The minimum atomic E-state index is -0.399. The summed E-state index contributed by atoms with van der Waals surface area (Å²) < 4.78 is 5.79. The summed E-state index contributed by atoms with van der Waals surface area (Å²) in [4.78, 5) is 12.6. The zero-order chi connectivity index (χ0) is 21.5. The van der Waals surface area contributed by atoms with Crippen LogP contribution in [0.5, 0.6) is 5.75 Å². The second-order valence-corrected chi connectivity index (χ2v) is 7.25. The Morgan fingerprint density at radius 3 is 2.37 bits per heavy atom. The molecule has 0 aromatic heterocycles. The van der Waals surface area contributed by atoms with E-state index in [2.05, 4.69) is 16.7 Å². The van der Waals surface area contributed by atoms with Crippen LogP contribution in [0.25, 0.3) is 0 Å². The van der Waals surface area contributed by atoms with E-state index in [0.29, 0.717) is 12.2 Å². The van der Waals surface area contributed by atoms with Crippen LogP contribution >= 0.6 is 0 Å². The summed E-state index contributed by atoms with van der Waals surface area (Å²) in [7, 11) is 0. The Morgan fingerprint density at radius 2 is 1.70 bits per heavy atom. The van der Waals surface area contributed by atoms with E-state index < -0.39 is 6.04 Å². The van der Waals surface area contributed by atoms with Gasteiger partial charge in [0.1, 0.15) is 18.4 Å². The van der Waals surface area contributed by atoms with Gasteiger partial charge in [0, 0.05) is 11.4 Å². The van der Waals surface area contributed by atoms with Gasteiger partial charge in [0.05, 0.1) is 11.6 Å². The minimum absolute atomic E-state index is 0.0925. The summed E-state index contributed by atoms with van der Waals surface area (Å²) in [5.41, 5.74) is 5.32. The molecule has 0 bridgehead atoms. The highest BCUT2D eigenvalue weighted by atomic mass is 16.5. The van der Waals surface area contributed by atoms with E-state index in [4.69, 9.17) is 10.00 Å². The molecule has 152 valence electrons. The number of carbonyl (C=O) groups excluding carboxylic acids is 1. The van der Waals surface area contributed by atoms with Gasteiger partial charge in [-0.25, -0.2) is 0 Å². The van der Waals surface area contributed by atoms with Crippen LogP contribution < -0.4 is 15.4 Å². The van der Waals surface area contributed by atoms with E-state index in [1.165, 1.54) is 0 Å². The molecule has 3 rings (SSSR count). The molecule has 5 heteroatoms. The highest BCUT2D eigenvalue weighted by molar-refractivity contribution is 5.97. The van der Waals surface area contributed by atoms with Crippen molar-refractivity contribution in [3.8, 4) is 11.8 Å². The van der Waals surface area contributed by atoms with Gasteiger partial charge in [0.25, 0.3) is 0 Å². The first kappa shape index (κ1) is 20.9. The smallest absolute Gasteiger partial charge is 0.246 e. The number of aryl methyl sites for hydroxylation is 2. The molecule has 1 amide bonds. The zero-order valence-corrected chi connectivity index (χ0v) is 17.4. The maximum Gasteiger partial charge on any atom is 0.246 e. The van der Waals surface area contributed by atoms with Gasteiger partial charge in [-0.3, -0.25) is 4.79 Å². The molecule has 3 aromatic rings. The van der Waals surface area contributed by atoms with Gasteiger partial charge in [-0.2, -0.15) is 5.26 Å². The normalized spacial score (nSPS) is 11.3. The summed E-state index contributed by atoms with van der Waals surface area (Å²) in [6.45, 7) is 6.18. The molecule has 0 fully saturated rings. The van der Waals surface area contributed by atoms with E-state index >= 15 is 0 Å². The molecule has 0 saturated heterocycles. The Labute approximate surface area is 177 Å². The lowest BCUT2D eigenvalue weighted by Crippen LogP contribution is -2.32. The Hall–Kier alpha value is -3.78. The lowest BCUT2D eigenvalue weighted by Gasteiger charge is -2.18. The molecule has 0 spiro atoms. The van der Waals surface area contributed by atoms with Crippen molar-refractivity contribution in [1.29, 1.82) is 5.26 Å². The summed E-state index contributed by atoms with van der Waals surface area (Å²) >= 11 is 0. The maximum atomic E-state index is 12.6. The quantitative estimate of drug-likeness (QED) is 0.573. The number of nitriles is 1. The van der Waals surface area contributed by atoms with Crippen molar-refractivity contribution in [3.05, 3.63) is 89.0 Å². The third kappa shape index (κ3) is 5.39. The Balaban J connectivity index is 1.55. The number of carbonyl (C=O) groups is 1. The Morgan fingerprint density at radius 1 is 1.03 bits per heavy atom. The molecule has 0 radical (unpaired) electrons. The van der Waals surface area contributed by atoms with Crippen LogP contribution in [0.3, 0.4) is 0 Å². The number of ether oxygens (including phenoxy) is 1. The standard InChI is InChI=1S/C25H25N3O2/c1-17-6-4-7-18(2)24(17)28-25(29)19(3)27-22-10-12-23(13-11-22)30-16-21-9-5-8-20(14-21)15-26/h4-14,19,27H,16H2,1-3H3,(H,28,29). The summed E-state index contributed by atoms with van der Waals surface area (Å²) in [6, 6.07) is 22.5. The van der Waals surface area contributed by atoms with E-state index in [-0.39, 0.29) is 5.91 Å². The van der Waals surface area contributed by atoms with E-state index in [0.717, 1.165) is 33.8 Å². The summed E-state index contributed by atoms with van der Waals surface area (Å²) in [5.74, 6) is 0.626. The van der Waals surface area contributed by atoms with Crippen molar-refractivity contribution < 1.29 is 9.53 Å². The van der Waals surface area contributed by atoms with Gasteiger partial charge in [0.15, 0.2) is 0 Å². The SMILES string of the molecule is Cc1cccc(C)c1NC(=O)C(C)Nc1ccc(OCc2cccc(C#N)c2)cc1. The van der Waals surface area contributed by atoms with Crippen molar-refractivity contribution in [3.63, 3.8) is 0 Å². The Kier molecular flexibility index (Phi) is 6.71. The molecule has 0 heterocycles. The summed E-state index contributed by atoms with van der Waals surface area (Å²) in [5, 5.41) is 15.2. The summed E-state index contributed by atoms with van der Waals surface area (Å²) in [6.07, 6.45) is 0. The highest BCUT2D eigenvalue weighted by Crippen LogP contribution is 2.21. The number of anilines is 2. The molecular weight excluding hydrogens is 374 g/mol. The number of rotatable bonds is 7. The number of amides is 1. The van der Waals surface area contributed by atoms with Gasteiger partial charge < -0.3 is 15.4 Å². The van der Waals surface area contributed by atoms with Gasteiger partial charge in [-0.15, -0.1) is 0 Å². The Bertz CT molecular complexity index is 1050. The fourth-order valence-electron chi connectivity index (χ4n) is 3.10. The van der Waals surface area contributed by atoms with E-state index in [1.807, 2.05) is 81.4 Å². The molecule has 5 nitrogen and oxygen atoms in total. The van der Waals surface area contributed by atoms with Crippen LogP contribution in [0, 0.1) is 25.2 Å². The second-order valence-electron chi connectivity index (χ2n) is 7.25. The topological polar surface area (TPSA) is 74.2 Å². The van der Waals surface area contributed by atoms with Crippen LogP contribution in [-0.4, -0.2) is 11.9 Å². The van der Waals surface area contributed by atoms with Crippen LogP contribution in [0.2, 0.25) is 0 Å². The van der Waals surface area contributed by atoms with Gasteiger partial charge in [0.2, 0.25) is 5.91 Å². The van der Waals surface area contributed by atoms with Gasteiger partial charge >= 0.3 is 0 Å². The number of nitrogens with one attached hydrogen (secondary N) is 2. The van der Waals surface area contributed by atoms with Crippen LogP contribution in [-0.2, 0) is 11.4 Å². The fraction of sp³-hybridized carbons (Fsp3) is 0.200. The molecule has 0 aliphatic heterocycles. The number of hydrogen-bond donors (Lipinski definition) is 2. The third-order valence-corrected chi connectivity index (χ3v) is 4.82. The molecule has 1 atom stereocenters. The average Bonchev–Trinajstić information content (AvgIpc) is 2.76. The monoisotopic (exact) mass is 399 g/mol. The van der Waals surface area contributed by atoms with Crippen molar-refractivity contribution in [2.45, 2.75) is 33.4 Å².